The number of carboxylic acids is 1. The number of carbonyl (C=O) groups excluding carboxylic acids is 13. The molecule has 0 spiro atoms. The summed E-state index contributed by atoms with van der Waals surface area (Å²) >= 11 is 0. The number of Topliss-reactive ketones (excluding diaryl/α,β-unsaturated/α-hetero) is 3. The maximum absolute atomic E-state index is 14.4. The molecule has 4 aliphatic rings. The molecule has 0 saturated heterocycles. The number of amides is 4. The number of aliphatic imine (C=N–C) groups is 1. The van der Waals surface area contributed by atoms with Crippen LogP contribution in [0.15, 0.2) is 131 Å². The van der Waals surface area contributed by atoms with Gasteiger partial charge in [-0.2, -0.15) is 40.2 Å². The molecule has 6 heterocycles. The SMILES string of the molecule is CCCOCCOCCN(CC(C)(C)SSCCCC(=O)[C@@H](C)NC(=O)[C@@H](CCCN=C(N)N)CC(=O)[C@@H](C)NC(=O)CC)c1cc(COc2cc3c(cc2C)C(=O)N2c4ccccc4C[C@H]2CC3)cc(COc2cc3c(cc2OC)C(=O)N2c4ccccc4C[C@H]2[CH-]C3)c1.CC[C@@H](CC(=O)c1ccc(CCc2cnc3nc(N)[nH]c(=O)c3n2)cc1)C(=O)O.O=C=O.O=C=O.O=C=O.O=S(=O)=O.[Na+]. The van der Waals surface area contributed by atoms with Gasteiger partial charge < -0.3 is 77.7 Å². The number of carboxylic acid groups (broad SMARTS) is 1. The van der Waals surface area contributed by atoms with Crippen LogP contribution in [0.2, 0.25) is 0 Å². The number of aryl methyl sites for hydroxylation is 4. The Bertz CT molecular complexity index is 5820. The van der Waals surface area contributed by atoms with Crippen molar-refractivity contribution in [2.45, 2.75) is 200 Å². The number of guanidine groups is 1. The number of rotatable bonds is 44. The number of hydrogen-bond donors (Lipinski definition) is 7. The minimum atomic E-state index is -3.11. The molecule has 8 aromatic rings. The minimum absolute atomic E-state index is 0. The summed E-state index contributed by atoms with van der Waals surface area (Å²) in [5.74, 6) is -1.36. The minimum Gasteiger partial charge on any atom is -0.493 e. The van der Waals surface area contributed by atoms with Gasteiger partial charge in [-0.15, -0.1) is 12.6 Å². The van der Waals surface area contributed by atoms with Crippen LogP contribution in [-0.4, -0.2) is 197 Å². The number of anilines is 4. The van der Waals surface area contributed by atoms with Crippen molar-refractivity contribution >= 4 is 138 Å². The molecule has 0 saturated carbocycles. The third-order valence-electron chi connectivity index (χ3n) is 22.6. The quantitative estimate of drug-likeness (QED) is 0.00391. The van der Waals surface area contributed by atoms with Crippen LogP contribution in [0.5, 0.6) is 17.2 Å². The number of benzene rings is 6. The molecule has 4 aliphatic heterocycles. The van der Waals surface area contributed by atoms with Gasteiger partial charge in [0.05, 0.1) is 56.8 Å². The number of ether oxygens (including phenoxy) is 5. The topological polar surface area (TPSA) is 552 Å². The predicted octanol–water partition coefficient (Wildman–Crippen LogP) is 6.83. The van der Waals surface area contributed by atoms with Crippen molar-refractivity contribution in [3.8, 4) is 17.2 Å². The monoisotopic (exact) mass is 1970 g/mol. The van der Waals surface area contributed by atoms with Gasteiger partial charge in [-0.3, -0.25) is 53.1 Å². The standard InChI is InChI=1S/C74H95N8O11S2.C20H21N5O4.3CO2.Na.O3S/c1-9-29-90-31-32-91-30-28-80(46-74(6,7)95-94-33-16-22-64(83)48(4)79-70(86)56(19-15-27-77-73(75)76)40-65(84)49(5)78-69(85)10-2)59-36-50(44-92-66-41-52-23-25-57-38-54-17-11-13-20-62(54)81(57)71(87)60(52)34-47(66)3)35-51(37-59)45-93-68-42-53-24-26-58-39-55-18-12-14-21-63(55)82(58)72(88)61(53)43-67(68)89-8;1-2-12(19(28)29)9-15(26)13-6-3-11(4-7-13)5-8-14-10-22-17-16(23-14)18(27)25-20(21)24-17;3*2-1-3;;1-4(2)3/h11-14,17-18,20-21,26,34-37,41-43,48-49,56-58H,9-10,15-16,19,22-25,27-33,38-40,44-46H2,1-8H3,(H,78,85)(H,79,86)(H4,75,76,77);3-4,6-7,10,12H,2,5,8-9H2,1H3,(H,28,29)(H3,21,22,24,25,27);;;;;/q-1;;;;;+1;/t48-,49-,56+,57-,58-;12-;;;;;/m10...../s1. The average Bonchev–Trinajstić information content (AvgIpc) is 1.62. The molecule has 0 aliphatic carbocycles. The molecule has 37 nitrogen and oxygen atoms in total. The Kier molecular flexibility index (Phi) is 48.3. The zero-order valence-electron chi connectivity index (χ0n) is 78.9. The second-order valence-corrected chi connectivity index (χ2v) is 36.5. The third-order valence-corrected chi connectivity index (χ3v) is 26.0. The first-order chi connectivity index (χ1) is 65.6. The van der Waals surface area contributed by atoms with Crippen LogP contribution < -0.4 is 91.9 Å². The van der Waals surface area contributed by atoms with Crippen molar-refractivity contribution in [1.82, 2.24) is 30.6 Å². The number of nitrogen functional groups attached to an aromatic ring is 1. The third kappa shape index (κ3) is 35.2. The fourth-order valence-electron chi connectivity index (χ4n) is 15.9. The van der Waals surface area contributed by atoms with Crippen molar-refractivity contribution in [1.29, 1.82) is 0 Å². The summed E-state index contributed by atoms with van der Waals surface area (Å²) < 4.78 is 56.6. The van der Waals surface area contributed by atoms with Gasteiger partial charge in [-0.05, 0) is 199 Å². The molecule has 41 heteroatoms. The van der Waals surface area contributed by atoms with Crippen molar-refractivity contribution < 1.29 is 138 Å². The zero-order chi connectivity index (χ0) is 100. The smallest absolute Gasteiger partial charge is 0.493 e. The Morgan fingerprint density at radius 1 is 0.710 bits per heavy atom. The number of hydrogen-bond acceptors (Lipinski definition) is 31. The molecular formula is C97H116N13NaO24S3. The zero-order valence-corrected chi connectivity index (χ0v) is 83.3. The molecule has 12 rings (SSSR count). The van der Waals surface area contributed by atoms with E-state index in [1.807, 2.05) is 77.4 Å². The molecule has 0 fully saturated rings. The molecule has 0 radical (unpaired) electrons. The number of ketones is 3. The van der Waals surface area contributed by atoms with Gasteiger partial charge >= 0.3 is 64.6 Å². The van der Waals surface area contributed by atoms with Crippen molar-refractivity contribution in [2.75, 3.05) is 79.4 Å². The van der Waals surface area contributed by atoms with Crippen LogP contribution in [0, 0.1) is 25.2 Å². The van der Waals surface area contributed by atoms with E-state index in [1.165, 1.54) is 5.56 Å². The predicted molar refractivity (Wildman–Crippen MR) is 509 cm³/mol. The first-order valence-electron chi connectivity index (χ1n) is 44.5. The van der Waals surface area contributed by atoms with E-state index >= 15 is 0 Å². The summed E-state index contributed by atoms with van der Waals surface area (Å²) in [6.07, 6.45) is 12.5. The van der Waals surface area contributed by atoms with Gasteiger partial charge in [-0.25, -0.2) is 9.97 Å². The number of aliphatic carboxylic acids is 1. The Morgan fingerprint density at radius 2 is 1.31 bits per heavy atom. The number of para-hydroxylation sites is 2. The fraction of sp³-hybridized carbons (Fsp3) is 0.433. The average molecular weight is 1970 g/mol. The summed E-state index contributed by atoms with van der Waals surface area (Å²) in [6.45, 7) is 19.1. The summed E-state index contributed by atoms with van der Waals surface area (Å²) in [5.41, 5.74) is 29.6. The maximum Gasteiger partial charge on any atom is 1.00 e. The van der Waals surface area contributed by atoms with Gasteiger partial charge in [0.2, 0.25) is 17.8 Å². The number of carbonyl (C=O) groups is 8. The first-order valence-corrected chi connectivity index (χ1v) is 47.8. The van der Waals surface area contributed by atoms with Crippen LogP contribution in [0.4, 0.5) is 23.0 Å². The van der Waals surface area contributed by atoms with Gasteiger partial charge in [0.1, 0.15) is 19.0 Å². The van der Waals surface area contributed by atoms with Crippen LogP contribution in [0.25, 0.3) is 11.2 Å². The molecular weight excluding hydrogens is 1850 g/mol. The normalized spacial score (nSPS) is 14.1. The number of methoxy groups -OCH3 is 1. The van der Waals surface area contributed by atoms with E-state index in [-0.39, 0.29) is 168 Å². The number of H-pyrrole nitrogens is 1. The molecule has 0 bridgehead atoms. The number of nitrogens with one attached hydrogen (secondary N) is 3. The summed E-state index contributed by atoms with van der Waals surface area (Å²) in [4.78, 5) is 190. The molecule has 2 aromatic heterocycles. The number of nitrogens with zero attached hydrogens (tertiary/aromatic N) is 7. The maximum atomic E-state index is 14.4. The van der Waals surface area contributed by atoms with E-state index < -0.39 is 52.0 Å². The molecule has 138 heavy (non-hydrogen) atoms. The van der Waals surface area contributed by atoms with E-state index in [1.54, 1.807) is 74.7 Å². The molecule has 0 unspecified atom stereocenters. The van der Waals surface area contributed by atoms with Gasteiger partial charge in [0.15, 0.2) is 46.0 Å². The Morgan fingerprint density at radius 3 is 1.93 bits per heavy atom. The Balaban J connectivity index is 0.000000561. The van der Waals surface area contributed by atoms with E-state index in [2.05, 4.69) is 110 Å². The van der Waals surface area contributed by atoms with Crippen molar-refractivity contribution in [2.24, 2.45) is 28.3 Å². The van der Waals surface area contributed by atoms with Gasteiger partial charge in [0, 0.05) is 108 Å². The van der Waals surface area contributed by atoms with Crippen LogP contribution in [-0.2, 0) is 125 Å². The summed E-state index contributed by atoms with van der Waals surface area (Å²) in [7, 11) is 1.92. The molecule has 6 aromatic carbocycles. The molecule has 732 valence electrons. The van der Waals surface area contributed by atoms with Crippen molar-refractivity contribution in [3.05, 3.63) is 205 Å². The number of aromatic nitrogens is 4. The van der Waals surface area contributed by atoms with Crippen LogP contribution in [0.1, 0.15) is 194 Å². The van der Waals surface area contributed by atoms with Crippen LogP contribution in [0.3, 0.4) is 0 Å². The summed E-state index contributed by atoms with van der Waals surface area (Å²) in [5, 5.41) is 14.6. The number of nitrogens with two attached hydrogens (primary N) is 3. The first kappa shape index (κ1) is 114. The Labute approximate surface area is 830 Å². The van der Waals surface area contributed by atoms with E-state index in [9.17, 15) is 43.2 Å². The largest absolute Gasteiger partial charge is 1.00 e. The second-order valence-electron chi connectivity index (χ2n) is 33.0. The Hall–Kier alpha value is -12.4. The van der Waals surface area contributed by atoms with Gasteiger partial charge in [-0.1, -0.05) is 115 Å². The molecule has 10 N–H and O–H groups in total. The fourth-order valence-corrected chi connectivity index (χ4v) is 18.5. The van der Waals surface area contributed by atoms with Gasteiger partial charge in [0.25, 0.3) is 17.4 Å². The second kappa shape index (κ2) is 58.3. The molecule has 4 amide bonds. The number of fused-ring (bicyclic) bond motifs is 9. The molecule has 6 atom stereocenters. The van der Waals surface area contributed by atoms with E-state index in [0.29, 0.717) is 130 Å². The van der Waals surface area contributed by atoms with Crippen molar-refractivity contribution in [3.63, 3.8) is 0 Å². The number of aromatic amines is 1. The van der Waals surface area contributed by atoms with E-state index in [4.69, 9.17) is 87.4 Å². The van der Waals surface area contributed by atoms with E-state index in [0.717, 1.165) is 88.1 Å². The van der Waals surface area contributed by atoms with Crippen LogP contribution >= 0.6 is 21.6 Å². The summed E-state index contributed by atoms with van der Waals surface area (Å²) in [6, 6.07) is 36.1.